The number of hydrogen-bond donors (Lipinski definition) is 0. The lowest BCUT2D eigenvalue weighted by Gasteiger charge is -2.29. The van der Waals surface area contributed by atoms with Crippen LogP contribution >= 0.6 is 0 Å². The van der Waals surface area contributed by atoms with Crippen LogP contribution in [0.2, 0.25) is 0 Å². The molecule has 2 aliphatic rings. The molecule has 0 bridgehead atoms. The van der Waals surface area contributed by atoms with Crippen molar-refractivity contribution in [3.8, 4) is 44.7 Å². The minimum absolute atomic E-state index is 0.429. The predicted octanol–water partition coefficient (Wildman–Crippen LogP) is 11.6. The van der Waals surface area contributed by atoms with Gasteiger partial charge in [0.25, 0.3) is 0 Å². The number of fused-ring (bicyclic) bond motifs is 12. The highest BCUT2D eigenvalue weighted by atomic mass is 16.3. The largest absolute Gasteiger partial charge is 0.461 e. The molecule has 7 aromatic carbocycles. The lowest BCUT2D eigenvalue weighted by molar-refractivity contribution is 0.548. The van der Waals surface area contributed by atoms with Gasteiger partial charge in [-0.05, 0) is 84.6 Å². The Morgan fingerprint density at radius 2 is 0.911 bits per heavy atom. The average Bonchev–Trinajstić information content (AvgIpc) is 3.71. The molecule has 1 nitrogen and oxygen atoms in total. The molecule has 0 amide bonds. The SMILES string of the molecule is Cc1cc2c(o1)-c1ccccc1C21c2ccccc2-c2c(-c3c4ccccc4c(-c4ccccc4)c4ccccc34)cccc21. The summed E-state index contributed by atoms with van der Waals surface area (Å²) in [6.07, 6.45) is 0. The van der Waals surface area contributed by atoms with Gasteiger partial charge in [0.2, 0.25) is 0 Å². The van der Waals surface area contributed by atoms with Crippen molar-refractivity contribution in [2.45, 2.75) is 12.3 Å². The number of furan rings is 1. The number of benzene rings is 7. The van der Waals surface area contributed by atoms with E-state index in [-0.39, 0.29) is 0 Å². The first kappa shape index (κ1) is 24.7. The molecule has 0 fully saturated rings. The quantitative estimate of drug-likeness (QED) is 0.188. The van der Waals surface area contributed by atoms with Crippen LogP contribution < -0.4 is 0 Å². The molecule has 45 heavy (non-hydrogen) atoms. The highest BCUT2D eigenvalue weighted by Gasteiger charge is 2.53. The maximum atomic E-state index is 6.45. The van der Waals surface area contributed by atoms with Gasteiger partial charge in [-0.2, -0.15) is 0 Å². The normalized spacial score (nSPS) is 15.8. The average molecular weight is 573 g/mol. The Kier molecular flexibility index (Phi) is 4.91. The van der Waals surface area contributed by atoms with Crippen molar-refractivity contribution in [1.29, 1.82) is 0 Å². The van der Waals surface area contributed by atoms with Crippen LogP contribution in [0.3, 0.4) is 0 Å². The van der Waals surface area contributed by atoms with Crippen LogP contribution in [0, 0.1) is 6.92 Å². The zero-order valence-corrected chi connectivity index (χ0v) is 24.8. The molecule has 1 spiro atoms. The Morgan fingerprint density at radius 1 is 0.400 bits per heavy atom. The second kappa shape index (κ2) is 8.94. The molecule has 8 aromatic rings. The Hall–Kier alpha value is -5.66. The van der Waals surface area contributed by atoms with Crippen molar-refractivity contribution >= 4 is 21.5 Å². The number of rotatable bonds is 2. The first-order chi connectivity index (χ1) is 22.3. The van der Waals surface area contributed by atoms with Gasteiger partial charge in [-0.3, -0.25) is 0 Å². The molecule has 0 radical (unpaired) electrons. The molecular weight excluding hydrogens is 544 g/mol. The van der Waals surface area contributed by atoms with E-state index in [1.807, 2.05) is 0 Å². The Bertz CT molecular complexity index is 2440. The summed E-state index contributed by atoms with van der Waals surface area (Å²) in [6, 6.07) is 55.8. The van der Waals surface area contributed by atoms with Gasteiger partial charge in [0, 0.05) is 11.1 Å². The summed E-state index contributed by atoms with van der Waals surface area (Å²) in [6.45, 7) is 2.07. The standard InChI is InChI=1S/C44H28O/c1-27-26-39-43(45-27)34-21-10-12-24-37(34)44(39)36-23-11-9-20-33(36)42-35(22-13-25-38(42)44)41-31-18-7-5-16-29(31)40(28-14-3-2-4-15-28)30-17-6-8-19-32(30)41/h2-26H,1H3. The first-order valence-corrected chi connectivity index (χ1v) is 15.7. The molecule has 0 saturated carbocycles. The summed E-state index contributed by atoms with van der Waals surface area (Å²) in [5.41, 5.74) is 13.7. The lowest BCUT2D eigenvalue weighted by atomic mass is 9.70. The third-order valence-electron chi connectivity index (χ3n) is 10.2. The third-order valence-corrected chi connectivity index (χ3v) is 10.2. The maximum Gasteiger partial charge on any atom is 0.139 e. The van der Waals surface area contributed by atoms with Crippen LogP contribution in [0.25, 0.3) is 66.2 Å². The number of hydrogen-bond acceptors (Lipinski definition) is 1. The molecule has 1 heterocycles. The highest BCUT2D eigenvalue weighted by molar-refractivity contribution is 6.23. The minimum Gasteiger partial charge on any atom is -0.461 e. The molecule has 2 aliphatic carbocycles. The van der Waals surface area contributed by atoms with Gasteiger partial charge < -0.3 is 4.42 Å². The summed E-state index contributed by atoms with van der Waals surface area (Å²) in [5.74, 6) is 1.95. The zero-order valence-electron chi connectivity index (χ0n) is 24.8. The van der Waals surface area contributed by atoms with Crippen molar-refractivity contribution in [3.63, 3.8) is 0 Å². The second-order valence-corrected chi connectivity index (χ2v) is 12.4. The van der Waals surface area contributed by atoms with Crippen LogP contribution in [0.1, 0.15) is 28.0 Å². The van der Waals surface area contributed by atoms with E-state index < -0.39 is 5.41 Å². The molecule has 0 N–H and O–H groups in total. The Balaban J connectivity index is 1.38. The highest BCUT2D eigenvalue weighted by Crippen LogP contribution is 2.65. The molecule has 10 rings (SSSR count). The first-order valence-electron chi connectivity index (χ1n) is 15.7. The Labute approximate surface area is 262 Å². The summed E-state index contributed by atoms with van der Waals surface area (Å²) >= 11 is 0. The fourth-order valence-corrected chi connectivity index (χ4v) is 8.60. The van der Waals surface area contributed by atoms with E-state index in [2.05, 4.69) is 159 Å². The summed E-state index contributed by atoms with van der Waals surface area (Å²) in [4.78, 5) is 0. The van der Waals surface area contributed by atoms with E-state index in [0.717, 1.165) is 11.5 Å². The smallest absolute Gasteiger partial charge is 0.139 e. The zero-order chi connectivity index (χ0) is 29.7. The summed E-state index contributed by atoms with van der Waals surface area (Å²) in [5, 5.41) is 5.09. The summed E-state index contributed by atoms with van der Waals surface area (Å²) in [7, 11) is 0. The van der Waals surface area contributed by atoms with E-state index in [1.165, 1.54) is 82.7 Å². The Morgan fingerprint density at radius 3 is 1.60 bits per heavy atom. The third kappa shape index (κ3) is 3.07. The fourth-order valence-electron chi connectivity index (χ4n) is 8.60. The van der Waals surface area contributed by atoms with Crippen LogP contribution in [0.5, 0.6) is 0 Å². The number of aryl methyl sites for hydroxylation is 1. The van der Waals surface area contributed by atoms with Gasteiger partial charge in [-0.15, -0.1) is 0 Å². The molecule has 1 unspecified atom stereocenters. The molecule has 1 heteroatoms. The van der Waals surface area contributed by atoms with Crippen LogP contribution in [0.15, 0.2) is 156 Å². The molecule has 1 atom stereocenters. The van der Waals surface area contributed by atoms with Gasteiger partial charge in [0.15, 0.2) is 0 Å². The molecule has 1 aromatic heterocycles. The van der Waals surface area contributed by atoms with E-state index in [9.17, 15) is 0 Å². The van der Waals surface area contributed by atoms with E-state index >= 15 is 0 Å². The van der Waals surface area contributed by atoms with Gasteiger partial charge >= 0.3 is 0 Å². The molecule has 210 valence electrons. The second-order valence-electron chi connectivity index (χ2n) is 12.4. The molecular formula is C44H28O. The van der Waals surface area contributed by atoms with Gasteiger partial charge in [-0.1, -0.05) is 146 Å². The maximum absolute atomic E-state index is 6.45. The van der Waals surface area contributed by atoms with Crippen molar-refractivity contribution in [1.82, 2.24) is 0 Å². The molecule has 0 aliphatic heterocycles. The minimum atomic E-state index is -0.429. The van der Waals surface area contributed by atoms with E-state index in [0.29, 0.717) is 0 Å². The van der Waals surface area contributed by atoms with Crippen LogP contribution in [-0.4, -0.2) is 0 Å². The fraction of sp³-hybridized carbons (Fsp3) is 0.0455. The van der Waals surface area contributed by atoms with Crippen LogP contribution in [-0.2, 0) is 5.41 Å². The topological polar surface area (TPSA) is 13.1 Å². The lowest BCUT2D eigenvalue weighted by Crippen LogP contribution is -2.25. The summed E-state index contributed by atoms with van der Waals surface area (Å²) < 4.78 is 6.45. The van der Waals surface area contributed by atoms with Crippen molar-refractivity contribution in [2.75, 3.05) is 0 Å². The van der Waals surface area contributed by atoms with E-state index in [1.54, 1.807) is 0 Å². The van der Waals surface area contributed by atoms with Gasteiger partial charge in [0.05, 0.1) is 5.41 Å². The van der Waals surface area contributed by atoms with Crippen molar-refractivity contribution in [3.05, 3.63) is 180 Å². The molecule has 0 saturated heterocycles. The van der Waals surface area contributed by atoms with E-state index in [4.69, 9.17) is 4.42 Å². The monoisotopic (exact) mass is 572 g/mol. The van der Waals surface area contributed by atoms with Gasteiger partial charge in [0.1, 0.15) is 11.5 Å². The van der Waals surface area contributed by atoms with Crippen molar-refractivity contribution < 1.29 is 4.42 Å². The van der Waals surface area contributed by atoms with Crippen molar-refractivity contribution in [2.24, 2.45) is 0 Å². The predicted molar refractivity (Wildman–Crippen MR) is 186 cm³/mol. The van der Waals surface area contributed by atoms with Crippen LogP contribution in [0.4, 0.5) is 0 Å². The van der Waals surface area contributed by atoms with Gasteiger partial charge in [-0.25, -0.2) is 0 Å².